The number of amides is 2. The minimum absolute atomic E-state index is 0.147. The second-order valence-electron chi connectivity index (χ2n) is 7.21. The molecule has 0 aliphatic rings. The first-order valence-electron chi connectivity index (χ1n) is 10.2. The van der Waals surface area contributed by atoms with Crippen molar-refractivity contribution in [3.63, 3.8) is 0 Å². The van der Waals surface area contributed by atoms with E-state index in [1.54, 1.807) is 37.5 Å². The molecule has 0 saturated carbocycles. The Bertz CT molecular complexity index is 1120. The zero-order valence-electron chi connectivity index (χ0n) is 18.3. The topological polar surface area (TPSA) is 76.7 Å². The minimum atomic E-state index is -0.267. The van der Waals surface area contributed by atoms with Crippen molar-refractivity contribution < 1.29 is 19.1 Å². The van der Waals surface area contributed by atoms with Gasteiger partial charge in [0.1, 0.15) is 6.61 Å². The highest BCUT2D eigenvalue weighted by Crippen LogP contribution is 2.29. The van der Waals surface area contributed by atoms with Crippen LogP contribution in [0.15, 0.2) is 72.8 Å². The lowest BCUT2D eigenvalue weighted by Crippen LogP contribution is -2.08. The van der Waals surface area contributed by atoms with Gasteiger partial charge in [0.25, 0.3) is 0 Å². The summed E-state index contributed by atoms with van der Waals surface area (Å²) in [7, 11) is 1.58. The van der Waals surface area contributed by atoms with E-state index in [1.165, 1.54) is 18.6 Å². The lowest BCUT2D eigenvalue weighted by Gasteiger charge is -2.12. The maximum Gasteiger partial charge on any atom is 0.248 e. The third kappa shape index (κ3) is 6.47. The number of anilines is 2. The molecule has 0 radical (unpaired) electrons. The van der Waals surface area contributed by atoms with Crippen molar-refractivity contribution in [1.82, 2.24) is 0 Å². The number of nitrogens with one attached hydrogen (secondary N) is 2. The molecule has 0 aliphatic heterocycles. The van der Waals surface area contributed by atoms with Gasteiger partial charge in [-0.2, -0.15) is 0 Å². The molecular formula is C26H26N2O4. The normalized spacial score (nSPS) is 10.6. The number of hydrogen-bond donors (Lipinski definition) is 2. The Hall–Kier alpha value is -4.06. The zero-order valence-corrected chi connectivity index (χ0v) is 18.3. The van der Waals surface area contributed by atoms with Crippen molar-refractivity contribution in [2.45, 2.75) is 20.5 Å². The molecule has 2 N–H and O–H groups in total. The summed E-state index contributed by atoms with van der Waals surface area (Å²) in [5, 5.41) is 5.46. The standard InChI is InChI=1S/C26H26N2O4/c1-18-6-4-5-7-21(18)17-32-24-14-8-20(16-25(24)31-3)9-15-26(30)28-23-12-10-22(11-13-23)27-19(2)29/h4-16H,17H2,1-3H3,(H,27,29)(H,28,30). The van der Waals surface area contributed by atoms with Crippen LogP contribution in [-0.2, 0) is 16.2 Å². The van der Waals surface area contributed by atoms with Gasteiger partial charge in [0.2, 0.25) is 11.8 Å². The van der Waals surface area contributed by atoms with Crippen LogP contribution in [0, 0.1) is 6.92 Å². The molecule has 3 rings (SSSR count). The van der Waals surface area contributed by atoms with Crippen LogP contribution >= 0.6 is 0 Å². The fourth-order valence-corrected chi connectivity index (χ4v) is 3.03. The van der Waals surface area contributed by atoms with Gasteiger partial charge in [-0.25, -0.2) is 0 Å². The Labute approximate surface area is 187 Å². The van der Waals surface area contributed by atoms with E-state index >= 15 is 0 Å². The fraction of sp³-hybridized carbons (Fsp3) is 0.154. The van der Waals surface area contributed by atoms with Gasteiger partial charge in [0.15, 0.2) is 11.5 Å². The number of rotatable bonds is 8. The molecule has 0 aliphatic carbocycles. The second-order valence-corrected chi connectivity index (χ2v) is 7.21. The number of hydrogen-bond acceptors (Lipinski definition) is 4. The first-order chi connectivity index (χ1) is 15.4. The smallest absolute Gasteiger partial charge is 0.248 e. The molecular weight excluding hydrogens is 404 g/mol. The molecule has 32 heavy (non-hydrogen) atoms. The van der Waals surface area contributed by atoms with Crippen LogP contribution in [0.5, 0.6) is 11.5 Å². The van der Waals surface area contributed by atoms with Gasteiger partial charge >= 0.3 is 0 Å². The predicted octanol–water partition coefficient (Wildman–Crippen LogP) is 5.19. The van der Waals surface area contributed by atoms with Crippen molar-refractivity contribution in [3.05, 3.63) is 89.5 Å². The second kappa shape index (κ2) is 10.8. The summed E-state index contributed by atoms with van der Waals surface area (Å²) in [5.74, 6) is 0.814. The molecule has 3 aromatic rings. The first kappa shape index (κ1) is 22.6. The maximum atomic E-state index is 12.2. The molecule has 2 amide bonds. The maximum absolute atomic E-state index is 12.2. The van der Waals surface area contributed by atoms with E-state index in [4.69, 9.17) is 9.47 Å². The van der Waals surface area contributed by atoms with Gasteiger partial charge in [-0.15, -0.1) is 0 Å². The molecule has 0 saturated heterocycles. The number of carbonyl (C=O) groups is 2. The molecule has 3 aromatic carbocycles. The van der Waals surface area contributed by atoms with Gasteiger partial charge < -0.3 is 20.1 Å². The van der Waals surface area contributed by atoms with Gasteiger partial charge in [0.05, 0.1) is 7.11 Å². The lowest BCUT2D eigenvalue weighted by molar-refractivity contribution is -0.114. The summed E-state index contributed by atoms with van der Waals surface area (Å²) in [5.41, 5.74) is 4.39. The van der Waals surface area contributed by atoms with E-state index in [0.29, 0.717) is 29.5 Å². The number of benzene rings is 3. The van der Waals surface area contributed by atoms with Crippen LogP contribution in [0.1, 0.15) is 23.6 Å². The van der Waals surface area contributed by atoms with E-state index in [0.717, 1.165) is 11.1 Å². The number of methoxy groups -OCH3 is 1. The largest absolute Gasteiger partial charge is 0.493 e. The van der Waals surface area contributed by atoms with E-state index < -0.39 is 0 Å². The average Bonchev–Trinajstić information content (AvgIpc) is 2.78. The average molecular weight is 431 g/mol. The summed E-state index contributed by atoms with van der Waals surface area (Å²) in [4.78, 5) is 23.3. The summed E-state index contributed by atoms with van der Waals surface area (Å²) in [6.45, 7) is 3.94. The fourth-order valence-electron chi connectivity index (χ4n) is 3.03. The van der Waals surface area contributed by atoms with Crippen molar-refractivity contribution in [2.75, 3.05) is 17.7 Å². The monoisotopic (exact) mass is 430 g/mol. The molecule has 6 nitrogen and oxygen atoms in total. The zero-order chi connectivity index (χ0) is 22.9. The molecule has 164 valence electrons. The van der Waals surface area contributed by atoms with E-state index in [1.807, 2.05) is 49.4 Å². The number of ether oxygens (including phenoxy) is 2. The Kier molecular flexibility index (Phi) is 7.65. The molecule has 0 spiro atoms. The van der Waals surface area contributed by atoms with Crippen molar-refractivity contribution in [3.8, 4) is 11.5 Å². The molecule has 0 aromatic heterocycles. The van der Waals surface area contributed by atoms with Gasteiger partial charge in [-0.05, 0) is 66.1 Å². The van der Waals surface area contributed by atoms with E-state index in [9.17, 15) is 9.59 Å². The Morgan fingerprint density at radius 1 is 0.906 bits per heavy atom. The van der Waals surface area contributed by atoms with Crippen molar-refractivity contribution >= 4 is 29.3 Å². The van der Waals surface area contributed by atoms with Crippen LogP contribution in [0.4, 0.5) is 11.4 Å². The van der Waals surface area contributed by atoms with E-state index in [2.05, 4.69) is 10.6 Å². The molecule has 0 unspecified atom stereocenters. The van der Waals surface area contributed by atoms with Gasteiger partial charge in [-0.1, -0.05) is 30.3 Å². The SMILES string of the molecule is COc1cc(C=CC(=O)Nc2ccc(NC(C)=O)cc2)ccc1OCc1ccccc1C. The number of aryl methyl sites for hydroxylation is 1. The van der Waals surface area contributed by atoms with Gasteiger partial charge in [0, 0.05) is 24.4 Å². The van der Waals surface area contributed by atoms with Crippen LogP contribution in [0.3, 0.4) is 0 Å². The predicted molar refractivity (Wildman–Crippen MR) is 127 cm³/mol. The number of carbonyl (C=O) groups excluding carboxylic acids is 2. The highest BCUT2D eigenvalue weighted by molar-refractivity contribution is 6.02. The first-order valence-corrected chi connectivity index (χ1v) is 10.2. The molecule has 0 heterocycles. The van der Waals surface area contributed by atoms with Crippen molar-refractivity contribution in [1.29, 1.82) is 0 Å². The lowest BCUT2D eigenvalue weighted by atomic mass is 10.1. The molecule has 0 bridgehead atoms. The van der Waals surface area contributed by atoms with Crippen LogP contribution < -0.4 is 20.1 Å². The third-order valence-corrected chi connectivity index (χ3v) is 4.73. The summed E-state index contributed by atoms with van der Waals surface area (Å²) >= 11 is 0. The van der Waals surface area contributed by atoms with Crippen LogP contribution in [-0.4, -0.2) is 18.9 Å². The summed E-state index contributed by atoms with van der Waals surface area (Å²) < 4.78 is 11.4. The van der Waals surface area contributed by atoms with Gasteiger partial charge in [-0.3, -0.25) is 9.59 Å². The van der Waals surface area contributed by atoms with Crippen LogP contribution in [0.2, 0.25) is 0 Å². The Balaban J connectivity index is 1.60. The molecule has 0 atom stereocenters. The summed E-state index contributed by atoms with van der Waals surface area (Å²) in [6.07, 6.45) is 3.15. The Morgan fingerprint density at radius 2 is 1.59 bits per heavy atom. The minimum Gasteiger partial charge on any atom is -0.493 e. The highest BCUT2D eigenvalue weighted by atomic mass is 16.5. The summed E-state index contributed by atoms with van der Waals surface area (Å²) in [6, 6.07) is 20.5. The quantitative estimate of drug-likeness (QED) is 0.482. The van der Waals surface area contributed by atoms with Crippen molar-refractivity contribution in [2.24, 2.45) is 0 Å². The molecule has 0 fully saturated rings. The Morgan fingerprint density at radius 3 is 2.25 bits per heavy atom. The van der Waals surface area contributed by atoms with E-state index in [-0.39, 0.29) is 11.8 Å². The van der Waals surface area contributed by atoms with Crippen LogP contribution in [0.25, 0.3) is 6.08 Å². The molecule has 6 heteroatoms. The third-order valence-electron chi connectivity index (χ3n) is 4.73. The highest BCUT2D eigenvalue weighted by Gasteiger charge is 2.07.